The van der Waals surface area contributed by atoms with Crippen molar-refractivity contribution in [1.29, 1.82) is 0 Å². The lowest BCUT2D eigenvalue weighted by molar-refractivity contribution is 0.0337. The zero-order valence-corrected chi connectivity index (χ0v) is 11.6. The predicted octanol–water partition coefficient (Wildman–Crippen LogP) is 2.57. The summed E-state index contributed by atoms with van der Waals surface area (Å²) in [6.07, 6.45) is 2.44. The third-order valence-corrected chi connectivity index (χ3v) is 4.31. The molecule has 104 valence electrons. The van der Waals surface area contributed by atoms with E-state index >= 15 is 0 Å². The van der Waals surface area contributed by atoms with Crippen molar-refractivity contribution in [2.45, 2.75) is 31.7 Å². The summed E-state index contributed by atoms with van der Waals surface area (Å²) in [5, 5.41) is 3.68. The molecule has 0 saturated carbocycles. The SMILES string of the molecule is CCNC(C1CCCOC1)C1COc2ccccc21. The number of para-hydroxylation sites is 1. The lowest BCUT2D eigenvalue weighted by Gasteiger charge is -2.34. The van der Waals surface area contributed by atoms with Gasteiger partial charge in [-0.25, -0.2) is 0 Å². The number of fused-ring (bicyclic) bond motifs is 1. The highest BCUT2D eigenvalue weighted by Gasteiger charge is 2.36. The molecule has 0 aromatic heterocycles. The van der Waals surface area contributed by atoms with Crippen LogP contribution < -0.4 is 10.1 Å². The molecular formula is C16H23NO2. The summed E-state index contributed by atoms with van der Waals surface area (Å²) in [6.45, 7) is 5.79. The third kappa shape index (κ3) is 2.63. The quantitative estimate of drug-likeness (QED) is 0.903. The first-order valence-electron chi connectivity index (χ1n) is 7.43. The topological polar surface area (TPSA) is 30.5 Å². The number of hydrogen-bond acceptors (Lipinski definition) is 3. The Morgan fingerprint density at radius 2 is 2.21 bits per heavy atom. The van der Waals surface area contributed by atoms with Crippen molar-refractivity contribution in [3.63, 3.8) is 0 Å². The van der Waals surface area contributed by atoms with Crippen molar-refractivity contribution in [2.75, 3.05) is 26.4 Å². The van der Waals surface area contributed by atoms with Gasteiger partial charge in [0.1, 0.15) is 5.75 Å². The molecular weight excluding hydrogens is 238 g/mol. The normalized spacial score (nSPS) is 27.6. The van der Waals surface area contributed by atoms with E-state index in [0.717, 1.165) is 32.1 Å². The van der Waals surface area contributed by atoms with Gasteiger partial charge in [0.15, 0.2) is 0 Å². The summed E-state index contributed by atoms with van der Waals surface area (Å²) in [7, 11) is 0. The molecule has 0 aliphatic carbocycles. The van der Waals surface area contributed by atoms with Crippen LogP contribution in [0.4, 0.5) is 0 Å². The Hall–Kier alpha value is -1.06. The summed E-state index contributed by atoms with van der Waals surface area (Å²) in [5.74, 6) is 2.13. The Labute approximate surface area is 115 Å². The van der Waals surface area contributed by atoms with Crippen LogP contribution >= 0.6 is 0 Å². The van der Waals surface area contributed by atoms with Gasteiger partial charge in [-0.05, 0) is 31.4 Å². The number of rotatable bonds is 4. The average molecular weight is 261 g/mol. The maximum Gasteiger partial charge on any atom is 0.122 e. The van der Waals surface area contributed by atoms with Crippen molar-refractivity contribution in [3.8, 4) is 5.75 Å². The van der Waals surface area contributed by atoms with Crippen LogP contribution in [0.15, 0.2) is 24.3 Å². The molecule has 2 aliphatic rings. The molecule has 0 bridgehead atoms. The van der Waals surface area contributed by atoms with Crippen LogP contribution in [0, 0.1) is 5.92 Å². The van der Waals surface area contributed by atoms with Crippen molar-refractivity contribution >= 4 is 0 Å². The van der Waals surface area contributed by atoms with Gasteiger partial charge in [-0.2, -0.15) is 0 Å². The molecule has 1 N–H and O–H groups in total. The Bertz CT molecular complexity index is 415. The van der Waals surface area contributed by atoms with Crippen molar-refractivity contribution in [2.24, 2.45) is 5.92 Å². The minimum atomic E-state index is 0.461. The molecule has 3 unspecified atom stereocenters. The maximum absolute atomic E-state index is 5.85. The zero-order valence-electron chi connectivity index (χ0n) is 11.6. The van der Waals surface area contributed by atoms with Crippen LogP contribution in [-0.2, 0) is 4.74 Å². The molecule has 1 saturated heterocycles. The van der Waals surface area contributed by atoms with Gasteiger partial charge in [0.05, 0.1) is 13.2 Å². The molecule has 0 amide bonds. The van der Waals surface area contributed by atoms with Gasteiger partial charge in [-0.1, -0.05) is 25.1 Å². The second-order valence-electron chi connectivity index (χ2n) is 5.52. The number of ether oxygens (including phenoxy) is 2. The van der Waals surface area contributed by atoms with E-state index in [2.05, 4.69) is 30.4 Å². The van der Waals surface area contributed by atoms with Gasteiger partial charge in [0.2, 0.25) is 0 Å². The van der Waals surface area contributed by atoms with Crippen molar-refractivity contribution in [3.05, 3.63) is 29.8 Å². The molecule has 3 heteroatoms. The molecule has 1 aromatic rings. The Kier molecular flexibility index (Phi) is 4.04. The Morgan fingerprint density at radius 3 is 3.00 bits per heavy atom. The second-order valence-corrected chi connectivity index (χ2v) is 5.52. The minimum Gasteiger partial charge on any atom is -0.493 e. The van der Waals surface area contributed by atoms with Crippen LogP contribution in [0.3, 0.4) is 0 Å². The molecule has 3 rings (SSSR count). The van der Waals surface area contributed by atoms with Crippen LogP contribution in [0.5, 0.6) is 5.75 Å². The minimum absolute atomic E-state index is 0.461. The number of nitrogens with one attached hydrogen (secondary N) is 1. The molecule has 1 fully saturated rings. The second kappa shape index (κ2) is 5.93. The molecule has 19 heavy (non-hydrogen) atoms. The van der Waals surface area contributed by atoms with E-state index in [1.807, 2.05) is 6.07 Å². The van der Waals surface area contributed by atoms with E-state index < -0.39 is 0 Å². The smallest absolute Gasteiger partial charge is 0.122 e. The van der Waals surface area contributed by atoms with Gasteiger partial charge in [0.25, 0.3) is 0 Å². The highest BCUT2D eigenvalue weighted by molar-refractivity contribution is 5.40. The van der Waals surface area contributed by atoms with E-state index in [1.54, 1.807) is 0 Å². The summed E-state index contributed by atoms with van der Waals surface area (Å²) < 4.78 is 11.5. The lowest BCUT2D eigenvalue weighted by Crippen LogP contribution is -2.44. The van der Waals surface area contributed by atoms with Gasteiger partial charge in [0, 0.05) is 24.1 Å². The molecule has 0 spiro atoms. The summed E-state index contributed by atoms with van der Waals surface area (Å²) in [6, 6.07) is 8.92. The summed E-state index contributed by atoms with van der Waals surface area (Å²) >= 11 is 0. The molecule has 0 radical (unpaired) electrons. The fourth-order valence-corrected chi connectivity index (χ4v) is 3.41. The maximum atomic E-state index is 5.85. The molecule has 3 atom stereocenters. The summed E-state index contributed by atoms with van der Waals surface area (Å²) in [4.78, 5) is 0. The fraction of sp³-hybridized carbons (Fsp3) is 0.625. The highest BCUT2D eigenvalue weighted by Crippen LogP contribution is 2.38. The van der Waals surface area contributed by atoms with Crippen LogP contribution in [-0.4, -0.2) is 32.4 Å². The Balaban J connectivity index is 1.80. The predicted molar refractivity (Wildman–Crippen MR) is 75.7 cm³/mol. The van der Waals surface area contributed by atoms with E-state index in [-0.39, 0.29) is 0 Å². The molecule has 2 heterocycles. The van der Waals surface area contributed by atoms with E-state index in [0.29, 0.717) is 17.9 Å². The van der Waals surface area contributed by atoms with Gasteiger partial charge in [-0.3, -0.25) is 0 Å². The Morgan fingerprint density at radius 1 is 1.32 bits per heavy atom. The number of benzene rings is 1. The van der Waals surface area contributed by atoms with Crippen LogP contribution in [0.25, 0.3) is 0 Å². The molecule has 2 aliphatic heterocycles. The highest BCUT2D eigenvalue weighted by atomic mass is 16.5. The first kappa shape index (κ1) is 12.9. The third-order valence-electron chi connectivity index (χ3n) is 4.31. The van der Waals surface area contributed by atoms with Crippen LogP contribution in [0.2, 0.25) is 0 Å². The largest absolute Gasteiger partial charge is 0.493 e. The van der Waals surface area contributed by atoms with Gasteiger partial charge in [-0.15, -0.1) is 0 Å². The van der Waals surface area contributed by atoms with E-state index in [1.165, 1.54) is 18.4 Å². The summed E-state index contributed by atoms with van der Waals surface area (Å²) in [5.41, 5.74) is 1.36. The monoisotopic (exact) mass is 261 g/mol. The van der Waals surface area contributed by atoms with E-state index in [9.17, 15) is 0 Å². The first-order valence-corrected chi connectivity index (χ1v) is 7.43. The lowest BCUT2D eigenvalue weighted by atomic mass is 9.82. The molecule has 3 nitrogen and oxygen atoms in total. The van der Waals surface area contributed by atoms with E-state index in [4.69, 9.17) is 9.47 Å². The molecule has 1 aromatic carbocycles. The van der Waals surface area contributed by atoms with Crippen molar-refractivity contribution in [1.82, 2.24) is 5.32 Å². The number of likely N-dealkylation sites (N-methyl/N-ethyl adjacent to an activating group) is 1. The van der Waals surface area contributed by atoms with Crippen LogP contribution in [0.1, 0.15) is 31.2 Å². The average Bonchev–Trinajstić information content (AvgIpc) is 2.89. The van der Waals surface area contributed by atoms with Gasteiger partial charge >= 0.3 is 0 Å². The van der Waals surface area contributed by atoms with Crippen molar-refractivity contribution < 1.29 is 9.47 Å². The number of hydrogen-bond donors (Lipinski definition) is 1. The van der Waals surface area contributed by atoms with Gasteiger partial charge < -0.3 is 14.8 Å². The zero-order chi connectivity index (χ0) is 13.1. The standard InChI is InChI=1S/C16H23NO2/c1-2-17-16(12-6-5-9-18-10-12)14-11-19-15-8-4-3-7-13(14)15/h3-4,7-8,12,14,16-17H,2,5-6,9-11H2,1H3. The first-order chi connectivity index (χ1) is 9.40. The fourth-order valence-electron chi connectivity index (χ4n) is 3.41.